The van der Waals surface area contributed by atoms with Crippen LogP contribution in [0.5, 0.6) is 0 Å². The van der Waals surface area contributed by atoms with E-state index in [9.17, 15) is 4.39 Å². The maximum absolute atomic E-state index is 13.1. The normalized spacial score (nSPS) is 22.0. The molecule has 0 aromatic heterocycles. The molecule has 112 valence electrons. The highest BCUT2D eigenvalue weighted by Gasteiger charge is 2.35. The number of halogens is 1. The summed E-state index contributed by atoms with van der Waals surface area (Å²) in [5.74, 6) is -0.199. The molecule has 1 aliphatic rings. The summed E-state index contributed by atoms with van der Waals surface area (Å²) in [7, 11) is 0. The van der Waals surface area contributed by atoms with Gasteiger partial charge in [-0.1, -0.05) is 31.9 Å². The molecule has 1 saturated heterocycles. The minimum atomic E-state index is -0.405. The van der Waals surface area contributed by atoms with Gasteiger partial charge in [0.2, 0.25) is 0 Å². The fourth-order valence-electron chi connectivity index (χ4n) is 3.31. The largest absolute Gasteiger partial charge is 0.320 e. The topological polar surface area (TPSA) is 29.3 Å². The van der Waals surface area contributed by atoms with E-state index in [4.69, 9.17) is 5.73 Å². The third-order valence-electron chi connectivity index (χ3n) is 4.90. The van der Waals surface area contributed by atoms with Crippen molar-refractivity contribution in [3.8, 4) is 0 Å². The van der Waals surface area contributed by atoms with Crippen LogP contribution >= 0.6 is 0 Å². The molecule has 1 aliphatic heterocycles. The quantitative estimate of drug-likeness (QED) is 0.911. The highest BCUT2D eigenvalue weighted by Crippen LogP contribution is 2.30. The Kier molecular flexibility index (Phi) is 5.17. The Bertz CT molecular complexity index is 410. The van der Waals surface area contributed by atoms with Gasteiger partial charge in [0.25, 0.3) is 0 Å². The van der Waals surface area contributed by atoms with Crippen molar-refractivity contribution in [1.29, 1.82) is 0 Å². The number of benzene rings is 1. The number of likely N-dealkylation sites (tertiary alicyclic amines) is 1. The number of hydrogen-bond acceptors (Lipinski definition) is 2. The second kappa shape index (κ2) is 6.68. The molecule has 3 heteroatoms. The van der Waals surface area contributed by atoms with Crippen LogP contribution in [0.4, 0.5) is 4.39 Å². The Morgan fingerprint density at radius 2 is 1.70 bits per heavy atom. The van der Waals surface area contributed by atoms with Crippen LogP contribution in [0.1, 0.15) is 51.5 Å². The second-order valence-corrected chi connectivity index (χ2v) is 6.03. The molecule has 1 aromatic rings. The summed E-state index contributed by atoms with van der Waals surface area (Å²) in [6.45, 7) is 6.60. The first-order valence-corrected chi connectivity index (χ1v) is 7.87. The van der Waals surface area contributed by atoms with Gasteiger partial charge in [0.05, 0.1) is 5.54 Å². The zero-order valence-electron chi connectivity index (χ0n) is 12.7. The summed E-state index contributed by atoms with van der Waals surface area (Å²) in [5.41, 5.74) is 7.37. The van der Waals surface area contributed by atoms with E-state index in [1.165, 1.54) is 37.8 Å². The lowest BCUT2D eigenvalue weighted by Crippen LogP contribution is -2.54. The Balaban J connectivity index is 2.21. The predicted molar refractivity (Wildman–Crippen MR) is 82.1 cm³/mol. The molecular weight excluding hydrogens is 251 g/mol. The molecule has 1 fully saturated rings. The Labute approximate surface area is 122 Å². The van der Waals surface area contributed by atoms with Gasteiger partial charge in [0, 0.05) is 6.04 Å². The number of hydrogen-bond donors (Lipinski definition) is 1. The van der Waals surface area contributed by atoms with Crippen LogP contribution in [0, 0.1) is 5.82 Å². The monoisotopic (exact) mass is 278 g/mol. The van der Waals surface area contributed by atoms with Crippen molar-refractivity contribution in [2.75, 3.05) is 13.1 Å². The van der Waals surface area contributed by atoms with E-state index < -0.39 is 5.54 Å². The average molecular weight is 278 g/mol. The summed E-state index contributed by atoms with van der Waals surface area (Å²) in [6.07, 6.45) is 6.02. The van der Waals surface area contributed by atoms with Crippen LogP contribution in [-0.2, 0) is 5.54 Å². The van der Waals surface area contributed by atoms with E-state index in [0.717, 1.165) is 25.1 Å². The van der Waals surface area contributed by atoms with Crippen molar-refractivity contribution >= 4 is 0 Å². The van der Waals surface area contributed by atoms with Crippen molar-refractivity contribution in [3.05, 3.63) is 35.6 Å². The third kappa shape index (κ3) is 3.21. The van der Waals surface area contributed by atoms with Crippen molar-refractivity contribution in [1.82, 2.24) is 4.90 Å². The van der Waals surface area contributed by atoms with Crippen molar-refractivity contribution in [2.24, 2.45) is 5.73 Å². The van der Waals surface area contributed by atoms with Crippen LogP contribution in [0.2, 0.25) is 0 Å². The Hall–Kier alpha value is -0.930. The van der Waals surface area contributed by atoms with E-state index in [-0.39, 0.29) is 11.9 Å². The highest BCUT2D eigenvalue weighted by atomic mass is 19.1. The van der Waals surface area contributed by atoms with Crippen LogP contribution in [0.25, 0.3) is 0 Å². The highest BCUT2D eigenvalue weighted by molar-refractivity contribution is 5.26. The summed E-state index contributed by atoms with van der Waals surface area (Å²) in [5, 5.41) is 0. The predicted octanol–water partition coefficient (Wildman–Crippen LogP) is 3.65. The molecule has 2 N–H and O–H groups in total. The minimum absolute atomic E-state index is 0.199. The fraction of sp³-hybridized carbons (Fsp3) is 0.647. The average Bonchev–Trinajstić information content (AvgIpc) is 2.75. The molecule has 0 bridgehead atoms. The molecule has 0 amide bonds. The first-order valence-electron chi connectivity index (χ1n) is 7.87. The van der Waals surface area contributed by atoms with E-state index in [1.807, 2.05) is 12.1 Å². The van der Waals surface area contributed by atoms with Gasteiger partial charge in [0.15, 0.2) is 0 Å². The van der Waals surface area contributed by atoms with Crippen LogP contribution < -0.4 is 5.73 Å². The standard InChI is InChI=1S/C17H27FN2/c1-3-17(19,15-8-10-16(18)11-9-15)14(2)20-12-6-4-5-7-13-20/h8-11,14H,3-7,12-13,19H2,1-2H3. The summed E-state index contributed by atoms with van der Waals surface area (Å²) in [4.78, 5) is 2.51. The van der Waals surface area contributed by atoms with E-state index >= 15 is 0 Å². The van der Waals surface area contributed by atoms with Crippen molar-refractivity contribution < 1.29 is 4.39 Å². The lowest BCUT2D eigenvalue weighted by atomic mass is 9.81. The van der Waals surface area contributed by atoms with Gasteiger partial charge in [-0.15, -0.1) is 0 Å². The Morgan fingerprint density at radius 3 is 2.20 bits per heavy atom. The van der Waals surface area contributed by atoms with Gasteiger partial charge in [-0.2, -0.15) is 0 Å². The summed E-state index contributed by atoms with van der Waals surface area (Å²) < 4.78 is 13.1. The molecule has 0 spiro atoms. The maximum Gasteiger partial charge on any atom is 0.123 e. The molecule has 20 heavy (non-hydrogen) atoms. The van der Waals surface area contributed by atoms with E-state index in [0.29, 0.717) is 0 Å². The molecule has 0 saturated carbocycles. The summed E-state index contributed by atoms with van der Waals surface area (Å²) in [6, 6.07) is 6.99. The SMILES string of the molecule is CCC(N)(c1ccc(F)cc1)C(C)N1CCCCCC1. The lowest BCUT2D eigenvalue weighted by Gasteiger charge is -2.42. The van der Waals surface area contributed by atoms with Crippen LogP contribution in [-0.4, -0.2) is 24.0 Å². The van der Waals surface area contributed by atoms with Gasteiger partial charge >= 0.3 is 0 Å². The molecule has 2 rings (SSSR count). The molecule has 2 nitrogen and oxygen atoms in total. The van der Waals surface area contributed by atoms with Gasteiger partial charge in [-0.3, -0.25) is 4.90 Å². The Morgan fingerprint density at radius 1 is 1.15 bits per heavy atom. The van der Waals surface area contributed by atoms with Crippen molar-refractivity contribution in [3.63, 3.8) is 0 Å². The second-order valence-electron chi connectivity index (χ2n) is 6.03. The molecule has 0 aliphatic carbocycles. The zero-order valence-corrected chi connectivity index (χ0v) is 12.7. The van der Waals surface area contributed by atoms with Gasteiger partial charge < -0.3 is 5.73 Å². The van der Waals surface area contributed by atoms with Crippen LogP contribution in [0.3, 0.4) is 0 Å². The zero-order chi connectivity index (χ0) is 14.6. The van der Waals surface area contributed by atoms with Gasteiger partial charge in [-0.05, 0) is 57.0 Å². The summed E-state index contributed by atoms with van der Waals surface area (Å²) >= 11 is 0. The fourth-order valence-corrected chi connectivity index (χ4v) is 3.31. The lowest BCUT2D eigenvalue weighted by molar-refractivity contribution is 0.131. The van der Waals surface area contributed by atoms with E-state index in [2.05, 4.69) is 18.7 Å². The number of nitrogens with zero attached hydrogens (tertiary/aromatic N) is 1. The molecule has 0 radical (unpaired) electrons. The molecule has 2 unspecified atom stereocenters. The molecule has 1 heterocycles. The number of rotatable bonds is 4. The molecule has 1 aromatic carbocycles. The number of nitrogens with two attached hydrogens (primary N) is 1. The molecular formula is C17H27FN2. The minimum Gasteiger partial charge on any atom is -0.320 e. The van der Waals surface area contributed by atoms with Gasteiger partial charge in [-0.25, -0.2) is 4.39 Å². The van der Waals surface area contributed by atoms with Gasteiger partial charge in [0.1, 0.15) is 5.82 Å². The first kappa shape index (κ1) is 15.5. The first-order chi connectivity index (χ1) is 9.58. The maximum atomic E-state index is 13.1. The van der Waals surface area contributed by atoms with Crippen molar-refractivity contribution in [2.45, 2.75) is 57.5 Å². The van der Waals surface area contributed by atoms with Crippen LogP contribution in [0.15, 0.2) is 24.3 Å². The third-order valence-corrected chi connectivity index (χ3v) is 4.90. The van der Waals surface area contributed by atoms with E-state index in [1.54, 1.807) is 0 Å². The molecule has 2 atom stereocenters. The smallest absolute Gasteiger partial charge is 0.123 e.